The van der Waals surface area contributed by atoms with Crippen LogP contribution in [-0.4, -0.2) is 41.2 Å². The fraction of sp³-hybridized carbons (Fsp3) is 0.526. The van der Waals surface area contributed by atoms with Crippen molar-refractivity contribution in [2.75, 3.05) is 6.79 Å². The number of nitrogens with zero attached hydrogens (tertiary/aromatic N) is 1. The van der Waals surface area contributed by atoms with Crippen molar-refractivity contribution >= 4 is 34.1 Å². The summed E-state index contributed by atoms with van der Waals surface area (Å²) in [6.07, 6.45) is -1.53. The number of hydrogen-bond acceptors (Lipinski definition) is 7. The summed E-state index contributed by atoms with van der Waals surface area (Å²) in [5.74, 6) is 0.361. The summed E-state index contributed by atoms with van der Waals surface area (Å²) in [6, 6.07) is 5.14. The number of aliphatic hydroxyl groups is 1. The van der Waals surface area contributed by atoms with Crippen molar-refractivity contribution < 1.29 is 28.9 Å². The van der Waals surface area contributed by atoms with Crippen molar-refractivity contribution in [2.24, 2.45) is 4.99 Å². The lowest BCUT2D eigenvalue weighted by Gasteiger charge is -2.22. The summed E-state index contributed by atoms with van der Waals surface area (Å²) >= 11 is 3.34. The number of hydrogen-bond donors (Lipinski definition) is 3. The Balaban J connectivity index is 2.95. The second-order valence-corrected chi connectivity index (χ2v) is 8.81. The van der Waals surface area contributed by atoms with Crippen molar-refractivity contribution in [3.8, 4) is 5.75 Å². The maximum atomic E-state index is 12.1. The molecule has 0 radical (unpaired) electrons. The van der Waals surface area contributed by atoms with Gasteiger partial charge in [0.15, 0.2) is 6.79 Å². The van der Waals surface area contributed by atoms with E-state index in [-0.39, 0.29) is 12.5 Å². The van der Waals surface area contributed by atoms with Gasteiger partial charge < -0.3 is 19.3 Å². The van der Waals surface area contributed by atoms with Crippen LogP contribution in [0.5, 0.6) is 5.75 Å². The molecule has 0 atom stereocenters. The zero-order valence-corrected chi connectivity index (χ0v) is 19.0. The topological polar surface area (TPSA) is 118 Å². The molecule has 162 valence electrons. The Labute approximate surface area is 178 Å². The molecule has 1 aromatic carbocycles. The number of aliphatic imine (C=N–C) groups is 1. The molecule has 0 fully saturated rings. The Bertz CT molecular complexity index is 721. The molecule has 9 nitrogen and oxygen atoms in total. The van der Waals surface area contributed by atoms with Crippen LogP contribution in [0, 0.1) is 0 Å². The molecule has 1 aromatic rings. The molecule has 0 saturated carbocycles. The van der Waals surface area contributed by atoms with E-state index in [2.05, 4.69) is 31.6 Å². The highest BCUT2D eigenvalue weighted by Gasteiger charge is 2.21. The predicted molar refractivity (Wildman–Crippen MR) is 112 cm³/mol. The van der Waals surface area contributed by atoms with E-state index in [1.807, 2.05) is 0 Å². The number of ether oxygens (including phenoxy) is 3. The molecule has 0 aromatic heterocycles. The molecule has 0 bridgehead atoms. The normalized spacial score (nSPS) is 11.3. The van der Waals surface area contributed by atoms with Crippen LogP contribution in [0.1, 0.15) is 47.1 Å². The number of guanidine groups is 1. The first-order chi connectivity index (χ1) is 13.3. The number of amides is 2. The number of rotatable bonds is 4. The average molecular weight is 474 g/mol. The lowest BCUT2D eigenvalue weighted by Crippen LogP contribution is -2.47. The summed E-state index contributed by atoms with van der Waals surface area (Å²) < 4.78 is 16.1. The maximum absolute atomic E-state index is 12.1. The smallest absolute Gasteiger partial charge is 0.414 e. The van der Waals surface area contributed by atoms with E-state index in [0.717, 1.165) is 5.56 Å². The molecule has 0 saturated heterocycles. The first-order valence-corrected chi connectivity index (χ1v) is 9.65. The Morgan fingerprint density at radius 3 is 1.97 bits per heavy atom. The summed E-state index contributed by atoms with van der Waals surface area (Å²) in [7, 11) is 0. The number of halogens is 1. The molecule has 1 rings (SSSR count). The Morgan fingerprint density at radius 1 is 1.03 bits per heavy atom. The maximum Gasteiger partial charge on any atom is 0.414 e. The fourth-order valence-electron chi connectivity index (χ4n) is 1.91. The van der Waals surface area contributed by atoms with Crippen LogP contribution >= 0.6 is 15.9 Å². The quantitative estimate of drug-likeness (QED) is 0.348. The largest absolute Gasteiger partial charge is 0.467 e. The number of carbonyl (C=O) groups is 2. The van der Waals surface area contributed by atoms with Gasteiger partial charge in [-0.1, -0.05) is 6.07 Å². The minimum atomic E-state index is -0.764. The van der Waals surface area contributed by atoms with Crippen LogP contribution < -0.4 is 15.4 Å². The summed E-state index contributed by atoms with van der Waals surface area (Å²) in [5, 5.41) is 13.7. The van der Waals surface area contributed by atoms with Gasteiger partial charge in [-0.15, -0.1) is 0 Å². The number of nitrogens with one attached hydrogen (secondary N) is 2. The van der Waals surface area contributed by atoms with Gasteiger partial charge in [0.2, 0.25) is 5.96 Å². The van der Waals surface area contributed by atoms with Gasteiger partial charge in [-0.2, -0.15) is 0 Å². The number of carbonyl (C=O) groups excluding carboxylic acids is 2. The predicted octanol–water partition coefficient (Wildman–Crippen LogP) is 3.68. The monoisotopic (exact) mass is 473 g/mol. The van der Waals surface area contributed by atoms with Crippen molar-refractivity contribution in [1.29, 1.82) is 0 Å². The molecular formula is C19H28BrN3O6. The van der Waals surface area contributed by atoms with E-state index in [9.17, 15) is 9.59 Å². The van der Waals surface area contributed by atoms with E-state index in [4.69, 9.17) is 19.3 Å². The first-order valence-electron chi connectivity index (χ1n) is 8.85. The van der Waals surface area contributed by atoms with Crippen LogP contribution in [0.15, 0.2) is 27.7 Å². The zero-order chi connectivity index (χ0) is 22.2. The highest BCUT2D eigenvalue weighted by Crippen LogP contribution is 2.26. The van der Waals surface area contributed by atoms with Crippen LogP contribution in [0.2, 0.25) is 0 Å². The minimum absolute atomic E-state index is 0.111. The summed E-state index contributed by atoms with van der Waals surface area (Å²) in [6.45, 7) is 10.0. The van der Waals surface area contributed by atoms with Gasteiger partial charge in [-0.3, -0.25) is 10.6 Å². The molecule has 10 heteroatoms. The standard InChI is InChI=1S/C19H28BrN3O6/c1-18(2,3)28-16(25)22-15(23-17(26)29-19(4,5)6)21-10-12-7-8-14(27-11-24)13(20)9-12/h7-9,24H,10-11H2,1-6H3,(H2,21,22,23,25,26). The van der Waals surface area contributed by atoms with E-state index in [1.165, 1.54) is 0 Å². The molecule has 3 N–H and O–H groups in total. The van der Waals surface area contributed by atoms with Crippen LogP contribution in [-0.2, 0) is 16.0 Å². The van der Waals surface area contributed by atoms with Gasteiger partial charge in [-0.25, -0.2) is 14.6 Å². The molecule has 29 heavy (non-hydrogen) atoms. The van der Waals surface area contributed by atoms with Crippen LogP contribution in [0.4, 0.5) is 9.59 Å². The molecule has 2 amide bonds. The Hall–Kier alpha value is -2.33. The molecule has 0 aliphatic rings. The van der Waals surface area contributed by atoms with Crippen LogP contribution in [0.25, 0.3) is 0 Å². The minimum Gasteiger partial charge on any atom is -0.467 e. The Morgan fingerprint density at radius 2 is 1.55 bits per heavy atom. The lowest BCUT2D eigenvalue weighted by atomic mass is 10.2. The third kappa shape index (κ3) is 10.7. The lowest BCUT2D eigenvalue weighted by molar-refractivity contribution is 0.0544. The third-order valence-corrected chi connectivity index (χ3v) is 3.49. The molecule has 0 aliphatic heterocycles. The van der Waals surface area contributed by atoms with Crippen molar-refractivity contribution in [3.05, 3.63) is 28.2 Å². The Kier molecular flexibility index (Phi) is 8.90. The number of alkyl carbamates (subject to hydrolysis) is 2. The number of benzene rings is 1. The van der Waals surface area contributed by atoms with Crippen molar-refractivity contribution in [3.63, 3.8) is 0 Å². The van der Waals surface area contributed by atoms with Gasteiger partial charge in [0.05, 0.1) is 11.0 Å². The van der Waals surface area contributed by atoms with Crippen LogP contribution in [0.3, 0.4) is 0 Å². The highest BCUT2D eigenvalue weighted by atomic mass is 79.9. The zero-order valence-electron chi connectivity index (χ0n) is 17.5. The molecule has 0 aliphatic carbocycles. The number of aliphatic hydroxyl groups excluding tert-OH is 1. The van der Waals surface area contributed by atoms with Gasteiger partial charge >= 0.3 is 12.2 Å². The molecule has 0 heterocycles. The third-order valence-electron chi connectivity index (χ3n) is 2.87. The second kappa shape index (κ2) is 10.4. The average Bonchev–Trinajstić information content (AvgIpc) is 2.51. The van der Waals surface area contributed by atoms with E-state index < -0.39 is 30.2 Å². The summed E-state index contributed by atoms with van der Waals surface area (Å²) in [4.78, 5) is 28.4. The summed E-state index contributed by atoms with van der Waals surface area (Å²) in [5.41, 5.74) is -0.667. The van der Waals surface area contributed by atoms with Gasteiger partial charge in [0.1, 0.15) is 17.0 Å². The van der Waals surface area contributed by atoms with Gasteiger partial charge in [-0.05, 0) is 75.2 Å². The molecule has 0 unspecified atom stereocenters. The first kappa shape index (κ1) is 24.7. The molecular weight excluding hydrogens is 446 g/mol. The van der Waals surface area contributed by atoms with Crippen molar-refractivity contribution in [1.82, 2.24) is 10.6 Å². The SMILES string of the molecule is CC(C)(C)OC(=O)NC(=NCc1ccc(OCO)c(Br)c1)NC(=O)OC(C)(C)C. The van der Waals surface area contributed by atoms with Gasteiger partial charge in [0.25, 0.3) is 0 Å². The molecule has 0 spiro atoms. The van der Waals surface area contributed by atoms with E-state index >= 15 is 0 Å². The van der Waals surface area contributed by atoms with E-state index in [0.29, 0.717) is 10.2 Å². The van der Waals surface area contributed by atoms with Crippen molar-refractivity contribution in [2.45, 2.75) is 59.3 Å². The van der Waals surface area contributed by atoms with Gasteiger partial charge in [0, 0.05) is 0 Å². The fourth-order valence-corrected chi connectivity index (χ4v) is 2.45. The second-order valence-electron chi connectivity index (χ2n) is 7.96. The van der Waals surface area contributed by atoms with E-state index in [1.54, 1.807) is 59.7 Å². The highest BCUT2D eigenvalue weighted by molar-refractivity contribution is 9.10.